The van der Waals surface area contributed by atoms with E-state index >= 15 is 0 Å². The van der Waals surface area contributed by atoms with Crippen LogP contribution in [0.15, 0.2) is 48.5 Å². The second-order valence-electron chi connectivity index (χ2n) is 5.80. The van der Waals surface area contributed by atoms with E-state index in [1.54, 1.807) is 48.5 Å². The smallest absolute Gasteiger partial charge is 0.243 e. The highest BCUT2D eigenvalue weighted by Gasteiger charge is 2.28. The SMILES string of the molecule is CC(C(=O)NCCOc1ccc(Cl)cc1)N(c1ccc(Cl)cc1)S(C)(=O)=O. The summed E-state index contributed by atoms with van der Waals surface area (Å²) in [5.74, 6) is 0.190. The van der Waals surface area contributed by atoms with Crippen LogP contribution in [0.3, 0.4) is 0 Å². The van der Waals surface area contributed by atoms with Gasteiger partial charge in [0.05, 0.1) is 18.5 Å². The highest BCUT2D eigenvalue weighted by molar-refractivity contribution is 7.92. The molecule has 2 aromatic rings. The van der Waals surface area contributed by atoms with Crippen molar-refractivity contribution in [3.05, 3.63) is 58.6 Å². The van der Waals surface area contributed by atoms with Gasteiger partial charge >= 0.3 is 0 Å². The van der Waals surface area contributed by atoms with Crippen molar-refractivity contribution in [3.8, 4) is 5.75 Å². The Kier molecular flexibility index (Phi) is 7.35. The van der Waals surface area contributed by atoms with Gasteiger partial charge in [-0.2, -0.15) is 0 Å². The second kappa shape index (κ2) is 9.30. The molecule has 146 valence electrons. The lowest BCUT2D eigenvalue weighted by Crippen LogP contribution is -2.48. The van der Waals surface area contributed by atoms with Crippen molar-refractivity contribution in [1.82, 2.24) is 5.32 Å². The number of carbonyl (C=O) groups excluding carboxylic acids is 1. The lowest BCUT2D eigenvalue weighted by Gasteiger charge is -2.28. The molecule has 6 nitrogen and oxygen atoms in total. The third-order valence-corrected chi connectivity index (χ3v) is 5.40. The topological polar surface area (TPSA) is 75.7 Å². The van der Waals surface area contributed by atoms with Crippen LogP contribution in [0.1, 0.15) is 6.92 Å². The molecule has 0 aromatic heterocycles. The Labute approximate surface area is 169 Å². The predicted molar refractivity (Wildman–Crippen MR) is 108 cm³/mol. The molecule has 1 amide bonds. The van der Waals surface area contributed by atoms with E-state index in [0.717, 1.165) is 10.6 Å². The molecule has 0 spiro atoms. The van der Waals surface area contributed by atoms with Crippen molar-refractivity contribution in [1.29, 1.82) is 0 Å². The summed E-state index contributed by atoms with van der Waals surface area (Å²) in [7, 11) is -3.67. The van der Waals surface area contributed by atoms with E-state index in [2.05, 4.69) is 5.32 Å². The van der Waals surface area contributed by atoms with Crippen LogP contribution in [0.5, 0.6) is 5.75 Å². The summed E-state index contributed by atoms with van der Waals surface area (Å²) in [5, 5.41) is 3.76. The number of hydrogen-bond acceptors (Lipinski definition) is 4. The van der Waals surface area contributed by atoms with Crippen LogP contribution in [0, 0.1) is 0 Å². The number of carbonyl (C=O) groups is 1. The van der Waals surface area contributed by atoms with Gasteiger partial charge in [0.1, 0.15) is 18.4 Å². The number of ether oxygens (including phenoxy) is 1. The minimum absolute atomic E-state index is 0.226. The van der Waals surface area contributed by atoms with E-state index in [9.17, 15) is 13.2 Å². The average Bonchev–Trinajstić information content (AvgIpc) is 2.60. The maximum absolute atomic E-state index is 12.4. The minimum Gasteiger partial charge on any atom is -0.492 e. The van der Waals surface area contributed by atoms with Gasteiger partial charge in [-0.3, -0.25) is 9.10 Å². The number of anilines is 1. The summed E-state index contributed by atoms with van der Waals surface area (Å²) >= 11 is 11.6. The zero-order chi connectivity index (χ0) is 20.0. The number of benzene rings is 2. The molecule has 0 saturated heterocycles. The minimum atomic E-state index is -3.67. The normalized spacial score (nSPS) is 12.3. The summed E-state index contributed by atoms with van der Waals surface area (Å²) in [5.41, 5.74) is 0.363. The molecular formula is C18H20Cl2N2O4S. The number of halogens is 2. The first-order valence-electron chi connectivity index (χ1n) is 8.09. The highest BCUT2D eigenvalue weighted by atomic mass is 35.5. The van der Waals surface area contributed by atoms with E-state index in [-0.39, 0.29) is 13.2 Å². The number of sulfonamides is 1. The van der Waals surface area contributed by atoms with Crippen LogP contribution in [-0.2, 0) is 14.8 Å². The molecule has 2 rings (SSSR count). The number of hydrogen-bond donors (Lipinski definition) is 1. The van der Waals surface area contributed by atoms with Gasteiger partial charge in [-0.25, -0.2) is 8.42 Å². The molecule has 0 fully saturated rings. The van der Waals surface area contributed by atoms with Crippen LogP contribution in [0.4, 0.5) is 5.69 Å². The van der Waals surface area contributed by atoms with Crippen molar-refractivity contribution in [2.45, 2.75) is 13.0 Å². The van der Waals surface area contributed by atoms with Crippen LogP contribution < -0.4 is 14.4 Å². The highest BCUT2D eigenvalue weighted by Crippen LogP contribution is 2.23. The number of amides is 1. The predicted octanol–water partition coefficient (Wildman–Crippen LogP) is 3.34. The van der Waals surface area contributed by atoms with Gasteiger partial charge < -0.3 is 10.1 Å². The molecule has 0 aliphatic carbocycles. The van der Waals surface area contributed by atoms with Gasteiger partial charge in [0.2, 0.25) is 15.9 Å². The molecule has 0 bridgehead atoms. The van der Waals surface area contributed by atoms with Gasteiger partial charge in [-0.05, 0) is 55.5 Å². The fourth-order valence-electron chi connectivity index (χ4n) is 2.42. The first-order chi connectivity index (χ1) is 12.7. The summed E-state index contributed by atoms with van der Waals surface area (Å²) in [6.45, 7) is 1.98. The molecule has 0 aliphatic heterocycles. The third-order valence-electron chi connectivity index (χ3n) is 3.65. The molecular weight excluding hydrogens is 411 g/mol. The quantitative estimate of drug-likeness (QED) is 0.651. The van der Waals surface area contributed by atoms with Crippen molar-refractivity contribution >= 4 is 44.8 Å². The fourth-order valence-corrected chi connectivity index (χ4v) is 3.85. The van der Waals surface area contributed by atoms with Crippen LogP contribution >= 0.6 is 23.2 Å². The van der Waals surface area contributed by atoms with Crippen molar-refractivity contribution in [3.63, 3.8) is 0 Å². The fraction of sp³-hybridized carbons (Fsp3) is 0.278. The third kappa shape index (κ3) is 6.30. The van der Waals surface area contributed by atoms with Crippen LogP contribution in [-0.4, -0.2) is 39.8 Å². The van der Waals surface area contributed by atoms with E-state index in [0.29, 0.717) is 21.5 Å². The van der Waals surface area contributed by atoms with Gasteiger partial charge in [-0.15, -0.1) is 0 Å². The zero-order valence-electron chi connectivity index (χ0n) is 14.9. The monoisotopic (exact) mass is 430 g/mol. The van der Waals surface area contributed by atoms with Gasteiger partial charge in [0, 0.05) is 10.0 Å². The first kappa shape index (κ1) is 21.3. The zero-order valence-corrected chi connectivity index (χ0v) is 17.2. The van der Waals surface area contributed by atoms with Gasteiger partial charge in [0.15, 0.2) is 0 Å². The van der Waals surface area contributed by atoms with E-state index in [1.807, 2.05) is 0 Å². The Hall–Kier alpha value is -1.96. The molecule has 0 aliphatic rings. The van der Waals surface area contributed by atoms with E-state index in [1.165, 1.54) is 6.92 Å². The standard InChI is InChI=1S/C18H20Cl2N2O4S/c1-13(22(27(2,24)25)16-7-3-14(19)4-8-16)18(23)21-11-12-26-17-9-5-15(20)6-10-17/h3-10,13H,11-12H2,1-2H3,(H,21,23). The number of nitrogens with one attached hydrogen (secondary N) is 1. The first-order valence-corrected chi connectivity index (χ1v) is 10.7. The molecule has 0 saturated carbocycles. The van der Waals surface area contributed by atoms with Crippen molar-refractivity contribution < 1.29 is 17.9 Å². The molecule has 0 heterocycles. The summed E-state index contributed by atoms with van der Waals surface area (Å²) in [6.07, 6.45) is 1.05. The van der Waals surface area contributed by atoms with Crippen molar-refractivity contribution in [2.75, 3.05) is 23.7 Å². The Morgan fingerprint density at radius 1 is 1.07 bits per heavy atom. The molecule has 1 unspecified atom stereocenters. The van der Waals surface area contributed by atoms with Gasteiger partial charge in [-0.1, -0.05) is 23.2 Å². The average molecular weight is 431 g/mol. The molecule has 27 heavy (non-hydrogen) atoms. The largest absolute Gasteiger partial charge is 0.492 e. The number of nitrogens with zero attached hydrogens (tertiary/aromatic N) is 1. The Morgan fingerprint density at radius 2 is 1.59 bits per heavy atom. The molecule has 9 heteroatoms. The Bertz CT molecular complexity index is 871. The summed E-state index contributed by atoms with van der Waals surface area (Å²) < 4.78 is 30.9. The Balaban J connectivity index is 1.96. The van der Waals surface area contributed by atoms with Crippen molar-refractivity contribution in [2.24, 2.45) is 0 Å². The summed E-state index contributed by atoms with van der Waals surface area (Å²) in [6, 6.07) is 12.2. The van der Waals surface area contributed by atoms with E-state index in [4.69, 9.17) is 27.9 Å². The Morgan fingerprint density at radius 3 is 2.11 bits per heavy atom. The van der Waals surface area contributed by atoms with Gasteiger partial charge in [0.25, 0.3) is 0 Å². The summed E-state index contributed by atoms with van der Waals surface area (Å²) in [4.78, 5) is 12.4. The molecule has 2 aromatic carbocycles. The lowest BCUT2D eigenvalue weighted by atomic mass is 10.2. The van der Waals surface area contributed by atoms with E-state index < -0.39 is 22.0 Å². The lowest BCUT2D eigenvalue weighted by molar-refractivity contribution is -0.121. The maximum atomic E-state index is 12.4. The second-order valence-corrected chi connectivity index (χ2v) is 8.54. The molecule has 0 radical (unpaired) electrons. The van der Waals surface area contributed by atoms with Crippen LogP contribution in [0.25, 0.3) is 0 Å². The molecule has 1 atom stereocenters. The molecule has 1 N–H and O–H groups in total. The number of rotatable bonds is 8. The van der Waals surface area contributed by atoms with Crippen LogP contribution in [0.2, 0.25) is 10.0 Å². The maximum Gasteiger partial charge on any atom is 0.243 e.